The quantitative estimate of drug-likeness (QED) is 0.400. The van der Waals surface area contributed by atoms with Gasteiger partial charge in [0.15, 0.2) is 0 Å². The molecule has 0 amide bonds. The van der Waals surface area contributed by atoms with E-state index in [2.05, 4.69) is 55.5 Å². The van der Waals surface area contributed by atoms with Crippen molar-refractivity contribution in [2.24, 2.45) is 5.92 Å². The number of unbranched alkanes of at least 4 members (excludes halogenated alkanes) is 1. The molecule has 2 aromatic rings. The van der Waals surface area contributed by atoms with Crippen LogP contribution < -0.4 is 4.74 Å². The molecule has 1 aliphatic carbocycles. The van der Waals surface area contributed by atoms with E-state index in [1.165, 1.54) is 42.4 Å². The predicted octanol–water partition coefficient (Wildman–Crippen LogP) is 8.07. The van der Waals surface area contributed by atoms with E-state index in [1.54, 1.807) is 6.08 Å². The fourth-order valence-corrected chi connectivity index (χ4v) is 4.21. The number of hydrogen-bond donors (Lipinski definition) is 0. The van der Waals surface area contributed by atoms with Crippen molar-refractivity contribution in [2.45, 2.75) is 64.2 Å². The summed E-state index contributed by atoms with van der Waals surface area (Å²) in [6, 6.07) is 17.5. The van der Waals surface area contributed by atoms with E-state index in [1.807, 2.05) is 0 Å². The highest BCUT2D eigenvalue weighted by Crippen LogP contribution is 2.38. The summed E-state index contributed by atoms with van der Waals surface area (Å²) in [5.41, 5.74) is 3.96. The van der Waals surface area contributed by atoms with E-state index in [4.69, 9.17) is 4.74 Å². The number of rotatable bonds is 9. The highest BCUT2D eigenvalue weighted by Gasteiger charge is 2.21. The van der Waals surface area contributed by atoms with Gasteiger partial charge in [-0.25, -0.2) is 4.39 Å². The molecule has 2 heteroatoms. The van der Waals surface area contributed by atoms with Crippen LogP contribution in [0.15, 0.2) is 60.9 Å². The Morgan fingerprint density at radius 3 is 2.18 bits per heavy atom. The summed E-state index contributed by atoms with van der Waals surface area (Å²) in [6.07, 6.45) is 11.6. The minimum absolute atomic E-state index is 0.677. The zero-order valence-corrected chi connectivity index (χ0v) is 17.1. The maximum atomic E-state index is 12.1. The average molecular weight is 381 g/mol. The van der Waals surface area contributed by atoms with E-state index in [0.29, 0.717) is 12.2 Å². The first-order valence-corrected chi connectivity index (χ1v) is 10.9. The average Bonchev–Trinajstić information content (AvgIpc) is 2.75. The van der Waals surface area contributed by atoms with Crippen molar-refractivity contribution < 1.29 is 9.13 Å². The van der Waals surface area contributed by atoms with Gasteiger partial charge in [0.1, 0.15) is 5.75 Å². The van der Waals surface area contributed by atoms with Gasteiger partial charge in [0.25, 0.3) is 0 Å². The Labute approximate surface area is 169 Å². The van der Waals surface area contributed by atoms with E-state index in [0.717, 1.165) is 44.0 Å². The monoisotopic (exact) mass is 380 g/mol. The van der Waals surface area contributed by atoms with Crippen LogP contribution in [0.2, 0.25) is 0 Å². The van der Waals surface area contributed by atoms with Crippen molar-refractivity contribution in [1.82, 2.24) is 0 Å². The predicted molar refractivity (Wildman–Crippen MR) is 116 cm³/mol. The van der Waals surface area contributed by atoms with Gasteiger partial charge in [-0.3, -0.25) is 0 Å². The van der Waals surface area contributed by atoms with Gasteiger partial charge in [-0.15, -0.1) is 0 Å². The Hall–Kier alpha value is -2.09. The molecule has 0 aliphatic heterocycles. The SMILES string of the molecule is CCCCOc1ccc(-c2ccc([C@H]3CC[C@H](CC/C=C/F)CC3)cc2)cc1. The second kappa shape index (κ2) is 11.0. The first-order chi connectivity index (χ1) is 13.8. The van der Waals surface area contributed by atoms with Gasteiger partial charge in [0.05, 0.1) is 12.9 Å². The maximum Gasteiger partial charge on any atom is 0.119 e. The first-order valence-electron chi connectivity index (χ1n) is 10.9. The minimum Gasteiger partial charge on any atom is -0.494 e. The number of hydrogen-bond acceptors (Lipinski definition) is 1. The standard InChI is InChI=1S/C26H33FO/c1-2-3-20-28-26-17-15-25(16-18-26)24-13-11-23(12-14-24)22-9-7-21(8-10-22)6-4-5-19-27/h5,11-19,21-22H,2-4,6-10,20H2,1H3/b19-5+/t21-,22-. The van der Waals surface area contributed by atoms with Crippen molar-refractivity contribution in [3.63, 3.8) is 0 Å². The van der Waals surface area contributed by atoms with Gasteiger partial charge < -0.3 is 4.74 Å². The summed E-state index contributed by atoms with van der Waals surface area (Å²) in [7, 11) is 0. The van der Waals surface area contributed by atoms with Gasteiger partial charge >= 0.3 is 0 Å². The Bertz CT molecular complexity index is 709. The van der Waals surface area contributed by atoms with Gasteiger partial charge in [0.2, 0.25) is 0 Å². The van der Waals surface area contributed by atoms with Crippen molar-refractivity contribution in [2.75, 3.05) is 6.61 Å². The lowest BCUT2D eigenvalue weighted by Gasteiger charge is -2.28. The zero-order chi connectivity index (χ0) is 19.6. The second-order valence-electron chi connectivity index (χ2n) is 8.01. The highest BCUT2D eigenvalue weighted by molar-refractivity contribution is 5.64. The lowest BCUT2D eigenvalue weighted by atomic mass is 9.77. The van der Waals surface area contributed by atoms with Crippen LogP contribution >= 0.6 is 0 Å². The molecule has 150 valence electrons. The fourth-order valence-electron chi connectivity index (χ4n) is 4.21. The highest BCUT2D eigenvalue weighted by atomic mass is 19.1. The van der Waals surface area contributed by atoms with E-state index in [9.17, 15) is 4.39 Å². The molecule has 0 aromatic heterocycles. The lowest BCUT2D eigenvalue weighted by molar-refractivity contribution is 0.309. The molecule has 1 saturated carbocycles. The van der Waals surface area contributed by atoms with Gasteiger partial charge in [-0.2, -0.15) is 0 Å². The van der Waals surface area contributed by atoms with E-state index in [-0.39, 0.29) is 0 Å². The van der Waals surface area contributed by atoms with Crippen LogP contribution in [-0.4, -0.2) is 6.61 Å². The van der Waals surface area contributed by atoms with Crippen LogP contribution in [-0.2, 0) is 0 Å². The van der Waals surface area contributed by atoms with Crippen LogP contribution in [0.4, 0.5) is 4.39 Å². The molecule has 0 bridgehead atoms. The normalized spacial score (nSPS) is 19.8. The molecule has 28 heavy (non-hydrogen) atoms. The van der Waals surface area contributed by atoms with Crippen LogP contribution in [0, 0.1) is 5.92 Å². The minimum atomic E-state index is 0.677. The van der Waals surface area contributed by atoms with Crippen molar-refractivity contribution in [3.8, 4) is 16.9 Å². The molecule has 0 radical (unpaired) electrons. The van der Waals surface area contributed by atoms with Crippen LogP contribution in [0.3, 0.4) is 0 Å². The largest absolute Gasteiger partial charge is 0.494 e. The van der Waals surface area contributed by atoms with Crippen LogP contribution in [0.25, 0.3) is 11.1 Å². The Balaban J connectivity index is 1.52. The Morgan fingerprint density at radius 1 is 0.929 bits per heavy atom. The van der Waals surface area contributed by atoms with Gasteiger partial charge in [0, 0.05) is 0 Å². The molecule has 0 heterocycles. The van der Waals surface area contributed by atoms with Crippen molar-refractivity contribution in [3.05, 3.63) is 66.5 Å². The molecule has 2 aromatic carbocycles. The molecule has 0 spiro atoms. The number of allylic oxidation sites excluding steroid dienone is 1. The van der Waals surface area contributed by atoms with E-state index < -0.39 is 0 Å². The van der Waals surface area contributed by atoms with Crippen molar-refractivity contribution >= 4 is 0 Å². The number of benzene rings is 2. The Kier molecular flexibility index (Phi) is 8.14. The molecular formula is C26H33FO. The number of halogens is 1. The molecule has 3 rings (SSSR count). The van der Waals surface area contributed by atoms with E-state index >= 15 is 0 Å². The zero-order valence-electron chi connectivity index (χ0n) is 17.1. The second-order valence-corrected chi connectivity index (χ2v) is 8.01. The molecular weight excluding hydrogens is 347 g/mol. The number of ether oxygens (including phenoxy) is 1. The third-order valence-electron chi connectivity index (χ3n) is 6.01. The molecule has 0 atom stereocenters. The summed E-state index contributed by atoms with van der Waals surface area (Å²) in [6.45, 7) is 2.97. The van der Waals surface area contributed by atoms with Gasteiger partial charge in [-0.1, -0.05) is 55.8 Å². The van der Waals surface area contributed by atoms with Crippen LogP contribution in [0.5, 0.6) is 5.75 Å². The fraction of sp³-hybridized carbons (Fsp3) is 0.462. The van der Waals surface area contributed by atoms with Crippen molar-refractivity contribution in [1.29, 1.82) is 0 Å². The summed E-state index contributed by atoms with van der Waals surface area (Å²) < 4.78 is 17.8. The molecule has 1 aliphatic rings. The topological polar surface area (TPSA) is 9.23 Å². The van der Waals surface area contributed by atoms with Crippen LogP contribution in [0.1, 0.15) is 69.8 Å². The lowest BCUT2D eigenvalue weighted by Crippen LogP contribution is -2.13. The summed E-state index contributed by atoms with van der Waals surface area (Å²) >= 11 is 0. The summed E-state index contributed by atoms with van der Waals surface area (Å²) in [5, 5.41) is 0. The molecule has 0 saturated heterocycles. The molecule has 1 nitrogen and oxygen atoms in total. The third-order valence-corrected chi connectivity index (χ3v) is 6.01. The molecule has 1 fully saturated rings. The summed E-state index contributed by atoms with van der Waals surface area (Å²) in [5.74, 6) is 2.40. The smallest absolute Gasteiger partial charge is 0.119 e. The Morgan fingerprint density at radius 2 is 1.57 bits per heavy atom. The maximum absolute atomic E-state index is 12.1. The first kappa shape index (κ1) is 20.6. The third kappa shape index (κ3) is 5.95. The summed E-state index contributed by atoms with van der Waals surface area (Å²) in [4.78, 5) is 0. The van der Waals surface area contributed by atoms with Gasteiger partial charge in [-0.05, 0) is 85.6 Å². The molecule has 0 unspecified atom stereocenters. The molecule has 0 N–H and O–H groups in total.